The second-order valence-electron chi connectivity index (χ2n) is 5.15. The van der Waals surface area contributed by atoms with E-state index in [-0.39, 0.29) is 42.9 Å². The summed E-state index contributed by atoms with van der Waals surface area (Å²) >= 11 is 0. The molecule has 0 radical (unpaired) electrons. The number of ether oxygens (including phenoxy) is 1. The molecule has 2 atom stereocenters. The van der Waals surface area contributed by atoms with Crippen molar-refractivity contribution < 1.29 is 9.53 Å². The average molecular weight is 337 g/mol. The number of aromatic nitrogens is 2. The molecule has 2 saturated heterocycles. The minimum absolute atomic E-state index is 0. The minimum Gasteiger partial charge on any atom is -0.373 e. The van der Waals surface area contributed by atoms with Crippen LogP contribution in [0.5, 0.6) is 0 Å². The van der Waals surface area contributed by atoms with Crippen LogP contribution in [-0.2, 0) is 16.1 Å². The molecule has 120 valence electrons. The second-order valence-corrected chi connectivity index (χ2v) is 5.15. The number of nitrogens with zero attached hydrogens (tertiary/aromatic N) is 3. The van der Waals surface area contributed by atoms with Crippen LogP contribution in [0.4, 0.5) is 0 Å². The Morgan fingerprint density at radius 3 is 2.95 bits per heavy atom. The molecule has 0 aliphatic carbocycles. The molecule has 1 unspecified atom stereocenters. The zero-order chi connectivity index (χ0) is 13.1. The topological polar surface area (TPSA) is 59.4 Å². The van der Waals surface area contributed by atoms with E-state index in [2.05, 4.69) is 10.4 Å². The zero-order valence-electron chi connectivity index (χ0n) is 11.8. The Morgan fingerprint density at radius 2 is 2.29 bits per heavy atom. The summed E-state index contributed by atoms with van der Waals surface area (Å²) in [6, 6.07) is 1.91. The van der Waals surface area contributed by atoms with Gasteiger partial charge < -0.3 is 15.0 Å². The maximum Gasteiger partial charge on any atom is 0.239 e. The van der Waals surface area contributed by atoms with E-state index in [1.165, 1.54) is 0 Å². The lowest BCUT2D eigenvalue weighted by molar-refractivity contribution is -0.141. The first-order valence-electron chi connectivity index (χ1n) is 6.94. The molecular weight excluding hydrogens is 315 g/mol. The van der Waals surface area contributed by atoms with Crippen LogP contribution >= 0.6 is 24.8 Å². The van der Waals surface area contributed by atoms with Crippen LogP contribution < -0.4 is 5.32 Å². The van der Waals surface area contributed by atoms with Crippen LogP contribution in [0, 0.1) is 0 Å². The molecule has 0 saturated carbocycles. The molecular formula is C13H22Cl2N4O2. The number of halogens is 2. The standard InChI is InChI=1S/C13H20N4O2.2ClH/c18-13(12-3-1-4-14-12)16-7-8-19-11(9-16)10-17-6-2-5-15-17;;/h2,5-6,11-12,14H,1,3-4,7-10H2;2*1H/t11?,12-;;/m0../s1. The molecule has 3 heterocycles. The van der Waals surface area contributed by atoms with E-state index in [9.17, 15) is 4.79 Å². The van der Waals surface area contributed by atoms with Gasteiger partial charge in [0.25, 0.3) is 0 Å². The molecule has 0 aromatic carbocycles. The molecule has 1 amide bonds. The van der Waals surface area contributed by atoms with E-state index in [0.29, 0.717) is 26.2 Å². The van der Waals surface area contributed by atoms with Gasteiger partial charge in [-0.05, 0) is 25.5 Å². The summed E-state index contributed by atoms with van der Waals surface area (Å²) in [5.41, 5.74) is 0. The first-order chi connectivity index (χ1) is 9.33. The largest absolute Gasteiger partial charge is 0.373 e. The SMILES string of the molecule is Cl.Cl.O=C([C@@H]1CCCN1)N1CCOC(Cn2cccn2)C1. The number of nitrogens with one attached hydrogen (secondary N) is 1. The summed E-state index contributed by atoms with van der Waals surface area (Å²) in [6.45, 7) is 3.64. The summed E-state index contributed by atoms with van der Waals surface area (Å²) in [6.07, 6.45) is 5.77. The fraction of sp³-hybridized carbons (Fsp3) is 0.692. The lowest BCUT2D eigenvalue weighted by Gasteiger charge is -2.34. The van der Waals surface area contributed by atoms with Crippen molar-refractivity contribution >= 4 is 30.7 Å². The lowest BCUT2D eigenvalue weighted by Crippen LogP contribution is -2.52. The van der Waals surface area contributed by atoms with Gasteiger partial charge in [0.05, 0.1) is 25.3 Å². The van der Waals surface area contributed by atoms with Gasteiger partial charge in [-0.15, -0.1) is 24.8 Å². The highest BCUT2D eigenvalue weighted by molar-refractivity contribution is 5.85. The molecule has 1 N–H and O–H groups in total. The van der Waals surface area contributed by atoms with E-state index in [1.54, 1.807) is 6.20 Å². The molecule has 0 spiro atoms. The van der Waals surface area contributed by atoms with Crippen molar-refractivity contribution in [2.24, 2.45) is 0 Å². The minimum atomic E-state index is 0. The van der Waals surface area contributed by atoms with E-state index in [1.807, 2.05) is 21.8 Å². The number of morpholine rings is 1. The normalized spacial score (nSPS) is 25.0. The molecule has 1 aromatic rings. The second kappa shape index (κ2) is 8.58. The summed E-state index contributed by atoms with van der Waals surface area (Å²) in [5.74, 6) is 0.228. The Kier molecular flexibility index (Phi) is 7.45. The smallest absolute Gasteiger partial charge is 0.239 e. The van der Waals surface area contributed by atoms with Crippen LogP contribution in [0.2, 0.25) is 0 Å². The van der Waals surface area contributed by atoms with Crippen molar-refractivity contribution in [3.63, 3.8) is 0 Å². The van der Waals surface area contributed by atoms with Crippen LogP contribution in [0.1, 0.15) is 12.8 Å². The summed E-state index contributed by atoms with van der Waals surface area (Å²) in [7, 11) is 0. The number of hydrogen-bond donors (Lipinski definition) is 1. The fourth-order valence-electron chi connectivity index (χ4n) is 2.76. The Hall–Kier alpha value is -0.820. The number of rotatable bonds is 3. The zero-order valence-corrected chi connectivity index (χ0v) is 13.4. The summed E-state index contributed by atoms with van der Waals surface area (Å²) < 4.78 is 7.57. The molecule has 8 heteroatoms. The summed E-state index contributed by atoms with van der Waals surface area (Å²) in [4.78, 5) is 14.3. The Bertz CT molecular complexity index is 424. The fourth-order valence-corrected chi connectivity index (χ4v) is 2.76. The Balaban J connectivity index is 0.00000110. The van der Waals surface area contributed by atoms with Crippen LogP contribution in [-0.4, -0.2) is 59.0 Å². The van der Waals surface area contributed by atoms with Crippen LogP contribution in [0.15, 0.2) is 18.5 Å². The van der Waals surface area contributed by atoms with Gasteiger partial charge in [-0.25, -0.2) is 0 Å². The Morgan fingerprint density at radius 1 is 1.43 bits per heavy atom. The van der Waals surface area contributed by atoms with Gasteiger partial charge in [0.2, 0.25) is 5.91 Å². The first-order valence-corrected chi connectivity index (χ1v) is 6.94. The van der Waals surface area contributed by atoms with E-state index >= 15 is 0 Å². The molecule has 0 bridgehead atoms. The molecule has 3 rings (SSSR count). The highest BCUT2D eigenvalue weighted by Gasteiger charge is 2.30. The highest BCUT2D eigenvalue weighted by atomic mass is 35.5. The van der Waals surface area contributed by atoms with E-state index < -0.39 is 0 Å². The van der Waals surface area contributed by atoms with Crippen molar-refractivity contribution in [1.29, 1.82) is 0 Å². The van der Waals surface area contributed by atoms with Gasteiger partial charge in [-0.3, -0.25) is 9.48 Å². The van der Waals surface area contributed by atoms with Gasteiger partial charge in [0.1, 0.15) is 0 Å². The number of amides is 1. The summed E-state index contributed by atoms with van der Waals surface area (Å²) in [5, 5.41) is 7.44. The van der Waals surface area contributed by atoms with E-state index in [0.717, 1.165) is 19.4 Å². The van der Waals surface area contributed by atoms with Gasteiger partial charge in [0.15, 0.2) is 0 Å². The first kappa shape index (κ1) is 18.2. The van der Waals surface area contributed by atoms with Crippen molar-refractivity contribution in [3.8, 4) is 0 Å². The molecule has 2 aliphatic heterocycles. The molecule has 21 heavy (non-hydrogen) atoms. The predicted molar refractivity (Wildman–Crippen MR) is 84.1 cm³/mol. The third-order valence-corrected chi connectivity index (χ3v) is 3.76. The lowest BCUT2D eigenvalue weighted by atomic mass is 10.1. The Labute approximate surface area is 137 Å². The molecule has 1 aromatic heterocycles. The molecule has 2 aliphatic rings. The number of hydrogen-bond acceptors (Lipinski definition) is 4. The number of carbonyl (C=O) groups excluding carboxylic acids is 1. The molecule has 2 fully saturated rings. The van der Waals surface area contributed by atoms with Gasteiger partial charge >= 0.3 is 0 Å². The van der Waals surface area contributed by atoms with Crippen molar-refractivity contribution in [2.45, 2.75) is 31.5 Å². The third-order valence-electron chi connectivity index (χ3n) is 3.76. The van der Waals surface area contributed by atoms with Crippen molar-refractivity contribution in [1.82, 2.24) is 20.0 Å². The van der Waals surface area contributed by atoms with Crippen molar-refractivity contribution in [2.75, 3.05) is 26.2 Å². The monoisotopic (exact) mass is 336 g/mol. The van der Waals surface area contributed by atoms with E-state index in [4.69, 9.17) is 4.74 Å². The van der Waals surface area contributed by atoms with Crippen LogP contribution in [0.25, 0.3) is 0 Å². The van der Waals surface area contributed by atoms with Gasteiger partial charge in [0, 0.05) is 25.5 Å². The number of carbonyl (C=O) groups is 1. The molecule has 6 nitrogen and oxygen atoms in total. The average Bonchev–Trinajstić information content (AvgIpc) is 3.11. The van der Waals surface area contributed by atoms with Gasteiger partial charge in [-0.2, -0.15) is 5.10 Å². The maximum atomic E-state index is 12.3. The van der Waals surface area contributed by atoms with Crippen LogP contribution in [0.3, 0.4) is 0 Å². The van der Waals surface area contributed by atoms with Crippen molar-refractivity contribution in [3.05, 3.63) is 18.5 Å². The van der Waals surface area contributed by atoms with Gasteiger partial charge in [-0.1, -0.05) is 0 Å². The maximum absolute atomic E-state index is 12.3. The quantitative estimate of drug-likeness (QED) is 0.882. The highest BCUT2D eigenvalue weighted by Crippen LogP contribution is 2.13. The predicted octanol–water partition coefficient (Wildman–Crippen LogP) is 0.706. The third kappa shape index (κ3) is 4.57.